The highest BCUT2D eigenvalue weighted by molar-refractivity contribution is 5.76. The Morgan fingerprint density at radius 2 is 1.94 bits per heavy atom. The molecule has 2 aromatic carbocycles. The number of carboxylic acids is 1. The highest BCUT2D eigenvalue weighted by Crippen LogP contribution is 2.30. The van der Waals surface area contributed by atoms with Gasteiger partial charge in [-0.25, -0.2) is 4.79 Å². The van der Waals surface area contributed by atoms with Crippen LogP contribution >= 0.6 is 0 Å². The lowest BCUT2D eigenvalue weighted by molar-refractivity contribution is -0.152. The summed E-state index contributed by atoms with van der Waals surface area (Å²) in [7, 11) is 0. The minimum Gasteiger partial charge on any atom is -0.478 e. The van der Waals surface area contributed by atoms with Crippen LogP contribution in [-0.2, 0) is 11.2 Å². The minimum absolute atomic E-state index is 0.423. The van der Waals surface area contributed by atoms with Crippen molar-refractivity contribution in [2.24, 2.45) is 0 Å². The Bertz CT molecular complexity index is 1000. The van der Waals surface area contributed by atoms with Crippen molar-refractivity contribution in [2.45, 2.75) is 64.0 Å². The molecule has 1 N–H and O–H groups in total. The Morgan fingerprint density at radius 1 is 1.16 bits per heavy atom. The largest absolute Gasteiger partial charge is 0.478 e. The first-order chi connectivity index (χ1) is 14.9. The number of aromatic nitrogens is 1. The van der Waals surface area contributed by atoms with Crippen LogP contribution in [0.4, 0.5) is 6.01 Å². The minimum atomic E-state index is -1.27. The number of oxazole rings is 1. The van der Waals surface area contributed by atoms with Gasteiger partial charge in [0.2, 0.25) is 0 Å². The van der Waals surface area contributed by atoms with Crippen LogP contribution in [0.15, 0.2) is 52.9 Å². The maximum absolute atomic E-state index is 11.4. The predicted molar refractivity (Wildman–Crippen MR) is 121 cm³/mol. The maximum Gasteiger partial charge on any atom is 0.347 e. The molecule has 0 radical (unpaired) electrons. The molecule has 1 aliphatic carbocycles. The summed E-state index contributed by atoms with van der Waals surface area (Å²) >= 11 is 0. The number of nitrogens with zero attached hydrogens (tertiary/aromatic N) is 2. The van der Waals surface area contributed by atoms with E-state index in [1.54, 1.807) is 19.9 Å². The van der Waals surface area contributed by atoms with Gasteiger partial charge in [0.05, 0.1) is 0 Å². The third-order valence-corrected chi connectivity index (χ3v) is 5.97. The first kappa shape index (κ1) is 21.2. The number of carbonyl (C=O) groups is 1. The molecule has 0 saturated heterocycles. The molecule has 0 atom stereocenters. The summed E-state index contributed by atoms with van der Waals surface area (Å²) in [5.41, 5.74) is 1.51. The van der Waals surface area contributed by atoms with E-state index in [1.807, 2.05) is 42.5 Å². The van der Waals surface area contributed by atoms with Gasteiger partial charge in [-0.1, -0.05) is 43.5 Å². The van der Waals surface area contributed by atoms with Gasteiger partial charge in [0, 0.05) is 12.6 Å². The van der Waals surface area contributed by atoms with Gasteiger partial charge in [-0.2, -0.15) is 4.98 Å². The van der Waals surface area contributed by atoms with E-state index in [1.165, 1.54) is 19.3 Å². The number of para-hydroxylation sites is 2. The fourth-order valence-electron chi connectivity index (χ4n) is 4.16. The number of fused-ring (bicyclic) bond motifs is 1. The van der Waals surface area contributed by atoms with E-state index >= 15 is 0 Å². The Kier molecular flexibility index (Phi) is 6.16. The average Bonchev–Trinajstić information content (AvgIpc) is 3.18. The average molecular weight is 423 g/mol. The second-order valence-corrected chi connectivity index (χ2v) is 8.76. The smallest absolute Gasteiger partial charge is 0.347 e. The fourth-order valence-corrected chi connectivity index (χ4v) is 4.16. The molecule has 0 unspecified atom stereocenters. The Hall–Kier alpha value is -3.02. The standard InChI is InChI=1S/C25H30N2O4/c1-25(2,23(28)29)31-20-12-8-9-18(17-20)15-16-27(19-10-4-3-5-11-19)24-26-21-13-6-7-14-22(21)30-24/h6-9,12-14,17,19H,3-5,10-11,15-16H2,1-2H3,(H,28,29). The maximum atomic E-state index is 11.4. The molecular weight excluding hydrogens is 392 g/mol. The quantitative estimate of drug-likeness (QED) is 0.520. The number of anilines is 1. The number of hydrogen-bond donors (Lipinski definition) is 1. The lowest BCUT2D eigenvalue weighted by Gasteiger charge is -2.33. The second kappa shape index (κ2) is 9.00. The number of rotatable bonds is 8. The van der Waals surface area contributed by atoms with Crippen molar-refractivity contribution in [2.75, 3.05) is 11.4 Å². The predicted octanol–water partition coefficient (Wildman–Crippen LogP) is 5.45. The van der Waals surface area contributed by atoms with Gasteiger partial charge in [0.15, 0.2) is 11.2 Å². The summed E-state index contributed by atoms with van der Waals surface area (Å²) in [5.74, 6) is -0.423. The lowest BCUT2D eigenvalue weighted by atomic mass is 9.94. The highest BCUT2D eigenvalue weighted by atomic mass is 16.5. The molecule has 3 aromatic rings. The fraction of sp³-hybridized carbons (Fsp3) is 0.440. The summed E-state index contributed by atoms with van der Waals surface area (Å²) in [5, 5.41) is 9.33. The molecule has 4 rings (SSSR count). The molecule has 1 heterocycles. The molecule has 6 heteroatoms. The van der Waals surface area contributed by atoms with Crippen LogP contribution in [0.5, 0.6) is 5.75 Å². The molecule has 31 heavy (non-hydrogen) atoms. The summed E-state index contributed by atoms with van der Waals surface area (Å²) in [6, 6.07) is 16.7. The normalized spacial score (nSPS) is 15.2. The number of aliphatic carboxylic acids is 1. The van der Waals surface area contributed by atoms with Crippen molar-refractivity contribution in [3.05, 3.63) is 54.1 Å². The van der Waals surface area contributed by atoms with E-state index in [9.17, 15) is 9.90 Å². The summed E-state index contributed by atoms with van der Waals surface area (Å²) in [4.78, 5) is 18.5. The number of ether oxygens (including phenoxy) is 1. The molecular formula is C25H30N2O4. The van der Waals surface area contributed by atoms with Crippen LogP contribution < -0.4 is 9.64 Å². The third kappa shape index (κ3) is 5.01. The molecule has 1 fully saturated rings. The highest BCUT2D eigenvalue weighted by Gasteiger charge is 2.29. The molecule has 1 saturated carbocycles. The number of hydrogen-bond acceptors (Lipinski definition) is 5. The van der Waals surface area contributed by atoms with Gasteiger partial charge < -0.3 is 19.2 Å². The SMILES string of the molecule is CC(C)(Oc1cccc(CCN(c2nc3ccccc3o2)C2CCCCC2)c1)C(=O)O. The van der Waals surface area contributed by atoms with Crippen LogP contribution in [0.3, 0.4) is 0 Å². The summed E-state index contributed by atoms with van der Waals surface area (Å²) < 4.78 is 11.8. The van der Waals surface area contributed by atoms with E-state index in [0.29, 0.717) is 17.8 Å². The van der Waals surface area contributed by atoms with Gasteiger partial charge in [0.25, 0.3) is 6.01 Å². The third-order valence-electron chi connectivity index (χ3n) is 5.97. The Morgan fingerprint density at radius 3 is 2.68 bits per heavy atom. The van der Waals surface area contributed by atoms with Gasteiger partial charge in [0.1, 0.15) is 11.3 Å². The zero-order chi connectivity index (χ0) is 21.8. The molecule has 0 bridgehead atoms. The van der Waals surface area contributed by atoms with Gasteiger partial charge in [-0.3, -0.25) is 0 Å². The molecule has 1 aromatic heterocycles. The van der Waals surface area contributed by atoms with Crippen LogP contribution in [0.25, 0.3) is 11.1 Å². The van der Waals surface area contributed by atoms with Crippen molar-refractivity contribution in [3.63, 3.8) is 0 Å². The number of carboxylic acid groups (broad SMARTS) is 1. The van der Waals surface area contributed by atoms with E-state index in [4.69, 9.17) is 14.1 Å². The Balaban J connectivity index is 1.52. The first-order valence-electron chi connectivity index (χ1n) is 11.1. The van der Waals surface area contributed by atoms with E-state index in [2.05, 4.69) is 4.90 Å². The van der Waals surface area contributed by atoms with Crippen molar-refractivity contribution in [1.29, 1.82) is 0 Å². The van der Waals surface area contributed by atoms with Crippen LogP contribution in [0, 0.1) is 0 Å². The van der Waals surface area contributed by atoms with Crippen LogP contribution in [-0.4, -0.2) is 34.2 Å². The molecule has 0 aliphatic heterocycles. The first-order valence-corrected chi connectivity index (χ1v) is 11.1. The van der Waals surface area contributed by atoms with Gasteiger partial charge in [-0.05, 0) is 62.9 Å². The molecule has 6 nitrogen and oxygen atoms in total. The summed E-state index contributed by atoms with van der Waals surface area (Å²) in [6.07, 6.45) is 6.84. The van der Waals surface area contributed by atoms with E-state index in [0.717, 1.165) is 42.5 Å². The summed E-state index contributed by atoms with van der Waals surface area (Å²) in [6.45, 7) is 3.89. The Labute approximate surface area is 182 Å². The van der Waals surface area contributed by atoms with Crippen molar-refractivity contribution in [1.82, 2.24) is 4.98 Å². The lowest BCUT2D eigenvalue weighted by Crippen LogP contribution is -2.38. The van der Waals surface area contributed by atoms with Crippen LogP contribution in [0.1, 0.15) is 51.5 Å². The van der Waals surface area contributed by atoms with Gasteiger partial charge >= 0.3 is 5.97 Å². The molecule has 164 valence electrons. The monoisotopic (exact) mass is 422 g/mol. The van der Waals surface area contributed by atoms with Crippen LogP contribution in [0.2, 0.25) is 0 Å². The topological polar surface area (TPSA) is 75.8 Å². The van der Waals surface area contributed by atoms with E-state index in [-0.39, 0.29) is 0 Å². The number of benzene rings is 2. The zero-order valence-electron chi connectivity index (χ0n) is 18.2. The molecule has 0 amide bonds. The van der Waals surface area contributed by atoms with Crippen molar-refractivity contribution < 1.29 is 19.1 Å². The van der Waals surface area contributed by atoms with Crippen molar-refractivity contribution in [3.8, 4) is 5.75 Å². The van der Waals surface area contributed by atoms with Crippen molar-refractivity contribution >= 4 is 23.1 Å². The second-order valence-electron chi connectivity index (χ2n) is 8.76. The zero-order valence-corrected chi connectivity index (χ0v) is 18.2. The van der Waals surface area contributed by atoms with E-state index < -0.39 is 11.6 Å². The van der Waals surface area contributed by atoms with Gasteiger partial charge in [-0.15, -0.1) is 0 Å². The molecule has 0 spiro atoms. The molecule has 1 aliphatic rings.